The van der Waals surface area contributed by atoms with E-state index in [1.807, 2.05) is 12.1 Å². The van der Waals surface area contributed by atoms with Crippen LogP contribution in [0.1, 0.15) is 49.0 Å². The number of unbranched alkanes of at least 4 members (excludes halogenated alkanes) is 1. The molecule has 3 N–H and O–H groups in total. The normalized spacial score (nSPS) is 9.99. The van der Waals surface area contributed by atoms with E-state index in [4.69, 9.17) is 69.6 Å². The van der Waals surface area contributed by atoms with Gasteiger partial charge in [0, 0.05) is 78.5 Å². The molecule has 5 rings (SSSR count). The second-order valence-corrected chi connectivity index (χ2v) is 17.8. The fraction of sp³-hybridized carbons (Fsp3) is 0.286. The van der Waals surface area contributed by atoms with Gasteiger partial charge in [-0.1, -0.05) is 127 Å². The van der Waals surface area contributed by atoms with Gasteiger partial charge in [0.1, 0.15) is 0 Å². The zero-order valence-corrected chi connectivity index (χ0v) is 44.0. The zero-order chi connectivity index (χ0) is 51.1. The molecule has 19 heteroatoms. The molecule has 0 fully saturated rings. The van der Waals surface area contributed by atoms with E-state index in [9.17, 15) is 24.0 Å². The van der Waals surface area contributed by atoms with Crippen LogP contribution in [0.4, 0.5) is 41.9 Å². The van der Waals surface area contributed by atoms with Crippen LogP contribution in [0.5, 0.6) is 0 Å². The number of carbonyl (C=O) groups excluding carboxylic acids is 5. The van der Waals surface area contributed by atoms with Crippen molar-refractivity contribution in [3.63, 3.8) is 0 Å². The summed E-state index contributed by atoms with van der Waals surface area (Å²) in [6.07, 6.45) is 4.28. The van der Waals surface area contributed by atoms with E-state index < -0.39 is 11.9 Å². The van der Waals surface area contributed by atoms with E-state index in [-0.39, 0.29) is 23.1 Å². The number of benzene rings is 5. The third kappa shape index (κ3) is 20.4. The van der Waals surface area contributed by atoms with Crippen LogP contribution in [0, 0.1) is 0 Å². The molecule has 13 nitrogen and oxygen atoms in total. The molecular weight excluding hydrogens is 993 g/mol. The Bertz CT molecular complexity index is 2430. The van der Waals surface area contributed by atoms with Crippen LogP contribution in [-0.2, 0) is 6.42 Å². The number of hydrogen-bond acceptors (Lipinski definition) is 5. The topological polar surface area (TPSA) is 138 Å². The second-order valence-electron chi connectivity index (χ2n) is 15.3. The van der Waals surface area contributed by atoms with Crippen molar-refractivity contribution in [1.29, 1.82) is 0 Å². The third-order valence-corrected chi connectivity index (χ3v) is 11.3. The first-order chi connectivity index (χ1) is 32.1. The van der Waals surface area contributed by atoms with Crippen LogP contribution in [0.2, 0.25) is 30.1 Å². The van der Waals surface area contributed by atoms with Gasteiger partial charge in [-0.15, -0.1) is 0 Å². The number of urea groups is 4. The van der Waals surface area contributed by atoms with Crippen molar-refractivity contribution in [2.24, 2.45) is 0 Å². The molecule has 0 saturated carbocycles. The number of hydrogen-bond donors (Lipinski definition) is 3. The first kappa shape index (κ1) is 58.7. The molecular formula is C49H58Cl6N8O5. The number of nitrogens with zero attached hydrogens (tertiary/aromatic N) is 5. The van der Waals surface area contributed by atoms with Crippen molar-refractivity contribution in [3.8, 4) is 0 Å². The van der Waals surface area contributed by atoms with Gasteiger partial charge in [-0.25, -0.2) is 24.1 Å². The Hall–Kier alpha value is -5.41. The van der Waals surface area contributed by atoms with Gasteiger partial charge in [0.05, 0.1) is 35.8 Å². The van der Waals surface area contributed by atoms with Gasteiger partial charge in [-0.05, 0) is 97.3 Å². The van der Waals surface area contributed by atoms with Crippen molar-refractivity contribution in [2.75, 3.05) is 76.7 Å². The zero-order valence-electron chi connectivity index (χ0n) is 39.5. The monoisotopic (exact) mass is 1050 g/mol. The summed E-state index contributed by atoms with van der Waals surface area (Å²) < 4.78 is 0. The lowest BCUT2D eigenvalue weighted by Crippen LogP contribution is -2.43. The van der Waals surface area contributed by atoms with E-state index in [0.29, 0.717) is 47.7 Å². The minimum Gasteiger partial charge on any atom is -0.331 e. The summed E-state index contributed by atoms with van der Waals surface area (Å²) in [6, 6.07) is 30.2. The average molecular weight is 1050 g/mol. The van der Waals surface area contributed by atoms with Crippen molar-refractivity contribution in [3.05, 3.63) is 150 Å². The molecule has 0 spiro atoms. The molecule has 68 heavy (non-hydrogen) atoms. The minimum atomic E-state index is -0.466. The van der Waals surface area contributed by atoms with Gasteiger partial charge in [0.25, 0.3) is 5.91 Å². The quantitative estimate of drug-likeness (QED) is 0.128. The van der Waals surface area contributed by atoms with Crippen LogP contribution < -0.4 is 20.9 Å². The highest BCUT2D eigenvalue weighted by Gasteiger charge is 2.26. The number of halogens is 6. The molecule has 0 saturated heterocycles. The van der Waals surface area contributed by atoms with Crippen LogP contribution >= 0.6 is 69.6 Å². The number of carbonyl (C=O) groups is 5. The summed E-state index contributed by atoms with van der Waals surface area (Å²) >= 11 is 35.1. The first-order valence-electron chi connectivity index (χ1n) is 21.1. The number of amides is 9. The first-order valence-corrected chi connectivity index (χ1v) is 23.4. The highest BCUT2D eigenvalue weighted by molar-refractivity contribution is 6.43. The maximum absolute atomic E-state index is 12.7. The lowest BCUT2D eigenvalue weighted by atomic mass is 10.1. The van der Waals surface area contributed by atoms with Crippen LogP contribution in [0.25, 0.3) is 0 Å². The lowest BCUT2D eigenvalue weighted by Gasteiger charge is -2.24. The Labute approximate surface area is 430 Å². The Balaban J connectivity index is 0.000000316. The summed E-state index contributed by atoms with van der Waals surface area (Å²) in [5.74, 6) is -0.433. The fourth-order valence-electron chi connectivity index (χ4n) is 5.23. The van der Waals surface area contributed by atoms with E-state index in [2.05, 4.69) is 41.9 Å². The van der Waals surface area contributed by atoms with Crippen molar-refractivity contribution < 1.29 is 24.0 Å². The van der Waals surface area contributed by atoms with Crippen molar-refractivity contribution >= 4 is 122 Å². The molecule has 0 aliphatic heterocycles. The van der Waals surface area contributed by atoms with Gasteiger partial charge in [-0.3, -0.25) is 4.79 Å². The maximum Gasteiger partial charge on any atom is 0.331 e. The summed E-state index contributed by atoms with van der Waals surface area (Å²) in [7, 11) is 11.7. The largest absolute Gasteiger partial charge is 0.331 e. The molecule has 366 valence electrons. The summed E-state index contributed by atoms with van der Waals surface area (Å²) in [4.78, 5) is 66.4. The highest BCUT2D eigenvalue weighted by Crippen LogP contribution is 2.29. The minimum absolute atomic E-state index is 0.0989. The van der Waals surface area contributed by atoms with Gasteiger partial charge in [0.15, 0.2) is 0 Å². The van der Waals surface area contributed by atoms with Gasteiger partial charge < -0.3 is 35.6 Å². The molecule has 0 aromatic heterocycles. The summed E-state index contributed by atoms with van der Waals surface area (Å²) in [5.41, 5.74) is 4.19. The van der Waals surface area contributed by atoms with Crippen LogP contribution in [0.3, 0.4) is 0 Å². The SMILES string of the molecule is CCCCN(C)C(=O)Nc1ccc(Cl)c(Cl)c1.CCCc1ccc(NC(=O)N(C)C)cc1.CN(C)C(=O)N(C(=O)c1ccccc1)c1ccc(Cl)c(Cl)c1.CN(C)C(=O)Nc1ccc(Cl)c(Cl)c1. The van der Waals surface area contributed by atoms with E-state index in [1.54, 1.807) is 133 Å². The fourth-order valence-corrected chi connectivity index (χ4v) is 6.11. The molecule has 5 aromatic rings. The molecule has 0 aliphatic carbocycles. The smallest absolute Gasteiger partial charge is 0.331 e. The second kappa shape index (κ2) is 30.2. The van der Waals surface area contributed by atoms with Gasteiger partial charge >= 0.3 is 24.1 Å². The predicted molar refractivity (Wildman–Crippen MR) is 284 cm³/mol. The molecule has 0 aliphatic rings. The summed E-state index contributed by atoms with van der Waals surface area (Å²) in [6.45, 7) is 4.98. The highest BCUT2D eigenvalue weighted by atomic mass is 35.5. The van der Waals surface area contributed by atoms with E-state index in [1.165, 1.54) is 26.3 Å². The van der Waals surface area contributed by atoms with E-state index in [0.717, 1.165) is 42.8 Å². The predicted octanol–water partition coefficient (Wildman–Crippen LogP) is 14.4. The lowest BCUT2D eigenvalue weighted by molar-refractivity contribution is 0.0988. The molecule has 0 bridgehead atoms. The molecule has 0 radical (unpaired) electrons. The van der Waals surface area contributed by atoms with E-state index >= 15 is 0 Å². The number of rotatable bonds is 10. The molecule has 0 heterocycles. The average Bonchev–Trinajstić information content (AvgIpc) is 3.30. The number of aryl methyl sites for hydroxylation is 1. The van der Waals surface area contributed by atoms with Gasteiger partial charge in [0.2, 0.25) is 0 Å². The van der Waals surface area contributed by atoms with Crippen molar-refractivity contribution in [1.82, 2.24) is 19.6 Å². The number of anilines is 4. The Kier molecular flexibility index (Phi) is 26.0. The molecule has 9 amide bonds. The Morgan fingerprint density at radius 1 is 0.471 bits per heavy atom. The number of nitrogens with one attached hydrogen (secondary N) is 3. The van der Waals surface area contributed by atoms with Crippen LogP contribution in [-0.4, -0.2) is 106 Å². The standard InChI is InChI=1S/C16H14Cl2N2O2.C12H16Cl2N2O.C12H18N2O.C9H10Cl2N2O/c1-19(2)16(22)20(12-8-9-13(17)14(18)10-12)15(21)11-6-4-3-5-7-11;1-3-4-7-16(2)12(17)15-9-5-6-10(13)11(14)8-9;1-4-5-10-6-8-11(9-7-10)13-12(15)14(2)3;1-13(2)9(14)12-6-3-4-7(10)8(11)5-6/h3-10H,1-2H3;5-6,8H,3-4,7H2,1-2H3,(H,15,17);6-9H,4-5H2,1-3H3,(H,13,15);3-5H,1-2H3,(H,12,14). The Morgan fingerprint density at radius 2 is 0.912 bits per heavy atom. The number of imide groups is 1. The van der Waals surface area contributed by atoms with Crippen molar-refractivity contribution in [2.45, 2.75) is 39.5 Å². The maximum atomic E-state index is 12.7. The van der Waals surface area contributed by atoms with Crippen LogP contribution in [0.15, 0.2) is 109 Å². The third-order valence-electron chi connectivity index (χ3n) is 9.05. The molecule has 0 atom stereocenters. The summed E-state index contributed by atoms with van der Waals surface area (Å²) in [5, 5.41) is 10.6. The molecule has 5 aromatic carbocycles. The van der Waals surface area contributed by atoms with Gasteiger partial charge in [-0.2, -0.15) is 0 Å². The molecule has 0 unspecified atom stereocenters. The Morgan fingerprint density at radius 3 is 1.34 bits per heavy atom.